The molecule has 2 aliphatic rings. The van der Waals surface area contributed by atoms with E-state index in [1.165, 1.54) is 32.1 Å². The van der Waals surface area contributed by atoms with Gasteiger partial charge >= 0.3 is 0 Å². The molecular formula is C15H28N2O. The van der Waals surface area contributed by atoms with Gasteiger partial charge in [-0.25, -0.2) is 0 Å². The molecule has 3 heteroatoms. The van der Waals surface area contributed by atoms with Crippen LogP contribution in [0.3, 0.4) is 0 Å². The van der Waals surface area contributed by atoms with Crippen molar-refractivity contribution in [2.24, 2.45) is 11.7 Å². The van der Waals surface area contributed by atoms with Gasteiger partial charge in [0, 0.05) is 18.0 Å². The molecule has 0 bridgehead atoms. The van der Waals surface area contributed by atoms with Crippen LogP contribution < -0.4 is 11.1 Å². The molecule has 0 atom stereocenters. The van der Waals surface area contributed by atoms with E-state index < -0.39 is 0 Å². The van der Waals surface area contributed by atoms with E-state index in [4.69, 9.17) is 5.73 Å². The number of hydrogen-bond acceptors (Lipinski definition) is 2. The van der Waals surface area contributed by atoms with E-state index in [2.05, 4.69) is 12.2 Å². The van der Waals surface area contributed by atoms with E-state index in [1.807, 2.05) is 0 Å². The van der Waals surface area contributed by atoms with Crippen LogP contribution in [-0.4, -0.2) is 17.5 Å². The van der Waals surface area contributed by atoms with Crippen LogP contribution >= 0.6 is 0 Å². The topological polar surface area (TPSA) is 55.1 Å². The van der Waals surface area contributed by atoms with Crippen LogP contribution in [0.2, 0.25) is 0 Å². The Morgan fingerprint density at radius 2 is 1.83 bits per heavy atom. The van der Waals surface area contributed by atoms with E-state index in [0.717, 1.165) is 31.6 Å². The molecule has 0 aromatic heterocycles. The third kappa shape index (κ3) is 3.71. The fraction of sp³-hybridized carbons (Fsp3) is 0.933. The average Bonchev–Trinajstić information content (AvgIpc) is 2.76. The fourth-order valence-corrected chi connectivity index (χ4v) is 3.57. The summed E-state index contributed by atoms with van der Waals surface area (Å²) in [5.74, 6) is 1.06. The standard InChI is InChI=1S/C15H28N2O/c1-2-12-5-7-13(8-6-12)17-14(18)11-15(16)9-3-4-10-15/h12-13H,2-11,16H2,1H3,(H,17,18). The zero-order chi connectivity index (χ0) is 13.0. The Morgan fingerprint density at radius 1 is 1.22 bits per heavy atom. The molecule has 1 amide bonds. The van der Waals surface area contributed by atoms with Crippen LogP contribution in [0.5, 0.6) is 0 Å². The van der Waals surface area contributed by atoms with E-state index in [-0.39, 0.29) is 11.4 Å². The van der Waals surface area contributed by atoms with Crippen LogP contribution in [0.1, 0.15) is 71.1 Å². The smallest absolute Gasteiger partial charge is 0.222 e. The molecule has 0 aromatic rings. The van der Waals surface area contributed by atoms with E-state index in [0.29, 0.717) is 12.5 Å². The molecule has 2 rings (SSSR count). The van der Waals surface area contributed by atoms with E-state index in [1.54, 1.807) is 0 Å². The van der Waals surface area contributed by atoms with Crippen LogP contribution in [0.25, 0.3) is 0 Å². The molecule has 2 fully saturated rings. The summed E-state index contributed by atoms with van der Waals surface area (Å²) in [7, 11) is 0. The molecule has 18 heavy (non-hydrogen) atoms. The van der Waals surface area contributed by atoms with Crippen molar-refractivity contribution in [3.63, 3.8) is 0 Å². The molecule has 0 aliphatic heterocycles. The first-order chi connectivity index (χ1) is 8.61. The summed E-state index contributed by atoms with van der Waals surface area (Å²) in [6.07, 6.45) is 11.1. The Hall–Kier alpha value is -0.570. The molecule has 0 unspecified atom stereocenters. The van der Waals surface area contributed by atoms with Crippen molar-refractivity contribution < 1.29 is 4.79 Å². The molecule has 0 spiro atoms. The van der Waals surface area contributed by atoms with Crippen molar-refractivity contribution in [3.05, 3.63) is 0 Å². The third-order valence-corrected chi connectivity index (χ3v) is 4.90. The lowest BCUT2D eigenvalue weighted by Gasteiger charge is -2.30. The normalized spacial score (nSPS) is 31.2. The summed E-state index contributed by atoms with van der Waals surface area (Å²) in [5, 5.41) is 3.20. The van der Waals surface area contributed by atoms with Crippen molar-refractivity contribution in [3.8, 4) is 0 Å². The summed E-state index contributed by atoms with van der Waals surface area (Å²) in [5.41, 5.74) is 6.04. The summed E-state index contributed by atoms with van der Waals surface area (Å²) in [4.78, 5) is 12.0. The maximum Gasteiger partial charge on any atom is 0.222 e. The molecule has 104 valence electrons. The second-order valence-corrected chi connectivity index (χ2v) is 6.44. The highest BCUT2D eigenvalue weighted by atomic mass is 16.1. The van der Waals surface area contributed by atoms with Crippen molar-refractivity contribution in [1.82, 2.24) is 5.32 Å². The van der Waals surface area contributed by atoms with Gasteiger partial charge in [0.2, 0.25) is 5.91 Å². The summed E-state index contributed by atoms with van der Waals surface area (Å²) in [6.45, 7) is 2.27. The summed E-state index contributed by atoms with van der Waals surface area (Å²) >= 11 is 0. The SMILES string of the molecule is CCC1CCC(NC(=O)CC2(N)CCCC2)CC1. The molecule has 2 saturated carbocycles. The molecule has 0 aromatic carbocycles. The Balaban J connectivity index is 1.71. The second kappa shape index (κ2) is 6.05. The highest BCUT2D eigenvalue weighted by molar-refractivity contribution is 5.77. The average molecular weight is 252 g/mol. The number of carbonyl (C=O) groups is 1. The van der Waals surface area contributed by atoms with Crippen LogP contribution in [-0.2, 0) is 4.79 Å². The number of nitrogens with one attached hydrogen (secondary N) is 1. The Kier molecular flexibility index (Phi) is 4.66. The molecule has 2 aliphatic carbocycles. The van der Waals surface area contributed by atoms with Gasteiger partial charge < -0.3 is 11.1 Å². The monoisotopic (exact) mass is 252 g/mol. The van der Waals surface area contributed by atoms with Gasteiger partial charge in [0.15, 0.2) is 0 Å². The lowest BCUT2D eigenvalue weighted by Crippen LogP contribution is -2.45. The number of rotatable bonds is 4. The minimum absolute atomic E-state index is 0.180. The first-order valence-corrected chi connectivity index (χ1v) is 7.69. The lowest BCUT2D eigenvalue weighted by molar-refractivity contribution is -0.123. The maximum atomic E-state index is 12.0. The minimum atomic E-state index is -0.204. The lowest BCUT2D eigenvalue weighted by atomic mass is 9.84. The third-order valence-electron chi connectivity index (χ3n) is 4.90. The quantitative estimate of drug-likeness (QED) is 0.808. The predicted octanol–water partition coefficient (Wildman–Crippen LogP) is 2.73. The van der Waals surface area contributed by atoms with Gasteiger partial charge in [-0.15, -0.1) is 0 Å². The number of nitrogens with two attached hydrogens (primary N) is 1. The minimum Gasteiger partial charge on any atom is -0.353 e. The predicted molar refractivity (Wildman–Crippen MR) is 74.2 cm³/mol. The Bertz CT molecular complexity index is 276. The fourth-order valence-electron chi connectivity index (χ4n) is 3.57. The Morgan fingerprint density at radius 3 is 2.39 bits per heavy atom. The molecule has 0 saturated heterocycles. The summed E-state index contributed by atoms with van der Waals surface area (Å²) in [6, 6.07) is 0.408. The summed E-state index contributed by atoms with van der Waals surface area (Å²) < 4.78 is 0. The van der Waals surface area contributed by atoms with Crippen molar-refractivity contribution in [1.29, 1.82) is 0 Å². The number of carbonyl (C=O) groups excluding carboxylic acids is 1. The van der Waals surface area contributed by atoms with Gasteiger partial charge in [-0.3, -0.25) is 4.79 Å². The second-order valence-electron chi connectivity index (χ2n) is 6.44. The van der Waals surface area contributed by atoms with Crippen molar-refractivity contribution in [2.45, 2.75) is 82.7 Å². The van der Waals surface area contributed by atoms with Crippen molar-refractivity contribution in [2.75, 3.05) is 0 Å². The molecule has 3 N–H and O–H groups in total. The van der Waals surface area contributed by atoms with Gasteiger partial charge in [-0.1, -0.05) is 26.2 Å². The largest absolute Gasteiger partial charge is 0.353 e. The molecule has 0 radical (unpaired) electrons. The number of hydrogen-bond donors (Lipinski definition) is 2. The highest BCUT2D eigenvalue weighted by Crippen LogP contribution is 2.30. The zero-order valence-electron chi connectivity index (χ0n) is 11.7. The first kappa shape index (κ1) is 13.9. The van der Waals surface area contributed by atoms with E-state index in [9.17, 15) is 4.79 Å². The van der Waals surface area contributed by atoms with Gasteiger partial charge in [0.1, 0.15) is 0 Å². The van der Waals surface area contributed by atoms with E-state index >= 15 is 0 Å². The number of amides is 1. The molecular weight excluding hydrogens is 224 g/mol. The van der Waals surface area contributed by atoms with Crippen molar-refractivity contribution >= 4 is 5.91 Å². The van der Waals surface area contributed by atoms with Gasteiger partial charge in [-0.05, 0) is 44.4 Å². The van der Waals surface area contributed by atoms with Crippen LogP contribution in [0.4, 0.5) is 0 Å². The van der Waals surface area contributed by atoms with Crippen LogP contribution in [0.15, 0.2) is 0 Å². The van der Waals surface area contributed by atoms with Gasteiger partial charge in [-0.2, -0.15) is 0 Å². The maximum absolute atomic E-state index is 12.0. The first-order valence-electron chi connectivity index (χ1n) is 7.69. The highest BCUT2D eigenvalue weighted by Gasteiger charge is 2.32. The van der Waals surface area contributed by atoms with Gasteiger partial charge in [0.05, 0.1) is 0 Å². The molecule has 0 heterocycles. The zero-order valence-corrected chi connectivity index (χ0v) is 11.7. The molecule has 3 nitrogen and oxygen atoms in total. The van der Waals surface area contributed by atoms with Gasteiger partial charge in [0.25, 0.3) is 0 Å². The van der Waals surface area contributed by atoms with Crippen LogP contribution in [0, 0.1) is 5.92 Å². The Labute approximate surface area is 111 Å².